The molecule has 2 aliphatic rings. The van der Waals surface area contributed by atoms with E-state index in [-0.39, 0.29) is 29.9 Å². The number of hydrogen-bond donors (Lipinski definition) is 0. The van der Waals surface area contributed by atoms with E-state index in [1.165, 1.54) is 7.11 Å². The van der Waals surface area contributed by atoms with Crippen LogP contribution < -0.4 is 0 Å². The summed E-state index contributed by atoms with van der Waals surface area (Å²) < 4.78 is 18.0. The molecule has 0 radical (unpaired) electrons. The van der Waals surface area contributed by atoms with Crippen LogP contribution in [0.15, 0.2) is 0 Å². The first-order valence-electron chi connectivity index (χ1n) is 7.43. The molecule has 0 N–H and O–H groups in total. The van der Waals surface area contributed by atoms with Crippen LogP contribution >= 0.6 is 22.6 Å². The molecule has 0 spiro atoms. The van der Waals surface area contributed by atoms with E-state index < -0.39 is 0 Å². The molecule has 0 aromatic rings. The molecular formula is C15H22INO4. The number of hydrogen-bond acceptors (Lipinski definition) is 4. The van der Waals surface area contributed by atoms with Crippen molar-refractivity contribution in [1.82, 2.24) is 0 Å². The summed E-state index contributed by atoms with van der Waals surface area (Å²) in [5.74, 6) is -0.187. The van der Waals surface area contributed by atoms with Crippen LogP contribution in [0, 0.1) is 6.57 Å². The average Bonchev–Trinajstić information content (AvgIpc) is 2.88. The lowest BCUT2D eigenvalue weighted by Gasteiger charge is -2.40. The molecule has 0 saturated carbocycles. The molecule has 2 saturated heterocycles. The van der Waals surface area contributed by atoms with Crippen molar-refractivity contribution >= 4 is 28.6 Å². The second-order valence-electron chi connectivity index (χ2n) is 5.75. The van der Waals surface area contributed by atoms with Crippen LogP contribution in [0.3, 0.4) is 0 Å². The molecule has 0 bridgehead atoms. The SMILES string of the molecule is [C-]#[N+]CC[C@H]1CC[C@@H]2OC(CCC(=O)OC)C[C@]2(CI)O1. The maximum absolute atomic E-state index is 11.3. The van der Waals surface area contributed by atoms with Crippen molar-refractivity contribution in [3.8, 4) is 0 Å². The number of halogens is 1. The van der Waals surface area contributed by atoms with E-state index in [9.17, 15) is 4.79 Å². The standard InChI is InChI=1S/C15H22INO4/c1-17-8-7-11-3-5-13-15(10-16,21-11)9-12(20-13)4-6-14(18)19-2/h11-13H,3-10H2,2H3/t11-,12?,13+,15-/m1/s1. The van der Waals surface area contributed by atoms with Gasteiger partial charge in [-0.05, 0) is 19.3 Å². The molecule has 2 heterocycles. The minimum atomic E-state index is -0.230. The van der Waals surface area contributed by atoms with Crippen molar-refractivity contribution in [1.29, 1.82) is 0 Å². The Morgan fingerprint density at radius 1 is 1.43 bits per heavy atom. The monoisotopic (exact) mass is 407 g/mol. The number of esters is 1. The predicted octanol–water partition coefficient (Wildman–Crippen LogP) is 2.76. The predicted molar refractivity (Wildman–Crippen MR) is 86.3 cm³/mol. The molecule has 0 aromatic heterocycles. The zero-order valence-corrected chi connectivity index (χ0v) is 14.5. The van der Waals surface area contributed by atoms with Gasteiger partial charge in [0.25, 0.3) is 0 Å². The van der Waals surface area contributed by atoms with E-state index in [0.29, 0.717) is 19.4 Å². The lowest BCUT2D eigenvalue weighted by atomic mass is 9.87. The van der Waals surface area contributed by atoms with Crippen LogP contribution in [-0.4, -0.2) is 48.0 Å². The Kier molecular flexibility index (Phi) is 6.26. The molecule has 6 heteroatoms. The normalized spacial score (nSPS) is 35.0. The molecule has 118 valence electrons. The molecule has 21 heavy (non-hydrogen) atoms. The Hall–Kier alpha value is -0.390. The molecule has 0 amide bonds. The zero-order chi connectivity index (χ0) is 15.3. The van der Waals surface area contributed by atoms with Gasteiger partial charge >= 0.3 is 5.97 Å². The van der Waals surface area contributed by atoms with E-state index in [2.05, 4.69) is 32.2 Å². The summed E-state index contributed by atoms with van der Waals surface area (Å²) >= 11 is 2.36. The molecule has 5 nitrogen and oxygen atoms in total. The highest BCUT2D eigenvalue weighted by Gasteiger charge is 2.52. The Labute approximate surface area is 139 Å². The maximum Gasteiger partial charge on any atom is 0.305 e. The quantitative estimate of drug-likeness (QED) is 0.294. The van der Waals surface area contributed by atoms with Crippen LogP contribution in [0.5, 0.6) is 0 Å². The number of methoxy groups -OCH3 is 1. The summed E-state index contributed by atoms with van der Waals surface area (Å²) in [4.78, 5) is 14.7. The Morgan fingerprint density at radius 3 is 2.90 bits per heavy atom. The van der Waals surface area contributed by atoms with E-state index in [1.54, 1.807) is 0 Å². The number of nitrogens with zero attached hydrogens (tertiary/aromatic N) is 1. The van der Waals surface area contributed by atoms with Gasteiger partial charge in [0, 0.05) is 23.7 Å². The van der Waals surface area contributed by atoms with Crippen molar-refractivity contribution < 1.29 is 19.0 Å². The highest BCUT2D eigenvalue weighted by Crippen LogP contribution is 2.44. The molecular weight excluding hydrogens is 385 g/mol. The number of rotatable bonds is 6. The Bertz CT molecular complexity index is 411. The smallest absolute Gasteiger partial charge is 0.305 e. The number of fused-ring (bicyclic) bond motifs is 1. The van der Waals surface area contributed by atoms with Crippen molar-refractivity contribution in [2.24, 2.45) is 0 Å². The van der Waals surface area contributed by atoms with Gasteiger partial charge in [0.1, 0.15) is 5.60 Å². The first-order chi connectivity index (χ1) is 10.1. The number of ether oxygens (including phenoxy) is 3. The van der Waals surface area contributed by atoms with Gasteiger partial charge in [0.15, 0.2) is 0 Å². The fraction of sp³-hybridized carbons (Fsp3) is 0.867. The summed E-state index contributed by atoms with van der Waals surface area (Å²) in [7, 11) is 1.41. The number of carbonyl (C=O) groups is 1. The second kappa shape index (κ2) is 7.75. The van der Waals surface area contributed by atoms with Crippen LogP contribution in [0.1, 0.15) is 38.5 Å². The van der Waals surface area contributed by atoms with Crippen molar-refractivity contribution in [3.63, 3.8) is 0 Å². The molecule has 1 unspecified atom stereocenters. The minimum Gasteiger partial charge on any atom is -0.469 e. The topological polar surface area (TPSA) is 49.1 Å². The van der Waals surface area contributed by atoms with E-state index in [4.69, 9.17) is 16.0 Å². The van der Waals surface area contributed by atoms with Crippen LogP contribution in [-0.2, 0) is 19.0 Å². The third-order valence-corrected chi connectivity index (χ3v) is 5.65. The third-order valence-electron chi connectivity index (χ3n) is 4.36. The molecule has 2 fully saturated rings. The number of alkyl halides is 1. The Morgan fingerprint density at radius 2 is 2.24 bits per heavy atom. The maximum atomic E-state index is 11.3. The molecule has 0 aromatic carbocycles. The van der Waals surface area contributed by atoms with Crippen LogP contribution in [0.2, 0.25) is 0 Å². The van der Waals surface area contributed by atoms with E-state index in [1.807, 2.05) is 0 Å². The van der Waals surface area contributed by atoms with Crippen molar-refractivity contribution in [3.05, 3.63) is 11.4 Å². The lowest BCUT2D eigenvalue weighted by Crippen LogP contribution is -2.49. The van der Waals surface area contributed by atoms with Gasteiger partial charge in [-0.3, -0.25) is 4.79 Å². The highest BCUT2D eigenvalue weighted by molar-refractivity contribution is 14.1. The van der Waals surface area contributed by atoms with Gasteiger partial charge in [0.2, 0.25) is 6.54 Å². The van der Waals surface area contributed by atoms with Crippen molar-refractivity contribution in [2.75, 3.05) is 18.1 Å². The molecule has 2 aliphatic heterocycles. The van der Waals surface area contributed by atoms with E-state index in [0.717, 1.165) is 30.1 Å². The fourth-order valence-electron chi connectivity index (χ4n) is 3.24. The molecule has 4 atom stereocenters. The third kappa shape index (κ3) is 4.08. The van der Waals surface area contributed by atoms with Gasteiger partial charge in [0.05, 0.1) is 25.4 Å². The van der Waals surface area contributed by atoms with Gasteiger partial charge in [-0.1, -0.05) is 22.6 Å². The van der Waals surface area contributed by atoms with Crippen LogP contribution in [0.4, 0.5) is 0 Å². The fourth-order valence-corrected chi connectivity index (χ4v) is 4.22. The molecule has 2 rings (SSSR count). The Balaban J connectivity index is 1.92. The highest BCUT2D eigenvalue weighted by atomic mass is 127. The summed E-state index contributed by atoms with van der Waals surface area (Å²) in [6.45, 7) is 7.43. The van der Waals surface area contributed by atoms with E-state index >= 15 is 0 Å². The van der Waals surface area contributed by atoms with Crippen molar-refractivity contribution in [2.45, 2.75) is 62.4 Å². The summed E-state index contributed by atoms with van der Waals surface area (Å²) in [5.41, 5.74) is -0.230. The first-order valence-corrected chi connectivity index (χ1v) is 8.95. The average molecular weight is 407 g/mol. The first kappa shape index (κ1) is 17.0. The summed E-state index contributed by atoms with van der Waals surface area (Å²) in [6, 6.07) is 0. The number of carbonyl (C=O) groups excluding carboxylic acids is 1. The van der Waals surface area contributed by atoms with Gasteiger partial charge in [-0.15, -0.1) is 0 Å². The minimum absolute atomic E-state index is 0.0727. The van der Waals surface area contributed by atoms with Gasteiger partial charge in [-0.25, -0.2) is 6.57 Å². The summed E-state index contributed by atoms with van der Waals surface area (Å²) in [6.07, 6.45) is 5.05. The molecule has 0 aliphatic carbocycles. The zero-order valence-electron chi connectivity index (χ0n) is 12.3. The lowest BCUT2D eigenvalue weighted by molar-refractivity contribution is -0.152. The van der Waals surface area contributed by atoms with Gasteiger partial charge < -0.3 is 19.1 Å². The second-order valence-corrected chi connectivity index (χ2v) is 6.51. The van der Waals surface area contributed by atoms with Crippen LogP contribution in [0.25, 0.3) is 4.85 Å². The largest absolute Gasteiger partial charge is 0.469 e. The van der Waals surface area contributed by atoms with Gasteiger partial charge in [-0.2, -0.15) is 0 Å². The summed E-state index contributed by atoms with van der Waals surface area (Å²) in [5, 5.41) is 0.